The molecule has 2 aliphatic heterocycles. The number of likely N-dealkylation sites (tertiary alicyclic amines) is 2. The summed E-state index contributed by atoms with van der Waals surface area (Å²) in [5.41, 5.74) is 1.13. The van der Waals surface area contributed by atoms with Gasteiger partial charge in [-0.2, -0.15) is 0 Å². The number of methoxy groups -OCH3 is 1. The Morgan fingerprint density at radius 2 is 2.04 bits per heavy atom. The second-order valence-corrected chi connectivity index (χ2v) is 8.33. The molecule has 0 aliphatic carbocycles. The topological polar surface area (TPSA) is 32.8 Å². The molecule has 1 aromatic heterocycles. The first kappa shape index (κ1) is 17.0. The van der Waals surface area contributed by atoms with Crippen LogP contribution in [0, 0.1) is 0 Å². The van der Waals surface area contributed by atoms with Crippen molar-refractivity contribution in [2.75, 3.05) is 33.9 Å². The number of carbonyl (C=O) groups excluding carboxylic acids is 1. The molecule has 1 amide bonds. The number of piperidine rings is 1. The standard InChI is InChI=1S/C20H26N2O2S/c1-21-15(13-24-2)7-8-20(21)9-11-22(12-10-20)19(23)17-14-25-18-6-4-3-5-16(17)18/h3-6,14-15H,7-13H2,1-2H3/t15-/m0/s1. The third kappa shape index (κ3) is 2.88. The third-order valence-corrected chi connectivity index (χ3v) is 7.25. The molecule has 4 nitrogen and oxygen atoms in total. The van der Waals surface area contributed by atoms with Gasteiger partial charge < -0.3 is 9.64 Å². The van der Waals surface area contributed by atoms with E-state index in [9.17, 15) is 4.79 Å². The van der Waals surface area contributed by atoms with Gasteiger partial charge in [0.05, 0.1) is 12.2 Å². The molecule has 134 valence electrons. The lowest BCUT2D eigenvalue weighted by Crippen LogP contribution is -2.54. The number of ether oxygens (including phenoxy) is 1. The Hall–Kier alpha value is -1.43. The van der Waals surface area contributed by atoms with Crippen LogP contribution in [0.15, 0.2) is 29.6 Å². The van der Waals surface area contributed by atoms with E-state index in [0.29, 0.717) is 6.04 Å². The van der Waals surface area contributed by atoms with E-state index in [-0.39, 0.29) is 11.4 Å². The molecule has 0 bridgehead atoms. The minimum absolute atomic E-state index is 0.196. The molecule has 3 heterocycles. The van der Waals surface area contributed by atoms with Gasteiger partial charge in [-0.1, -0.05) is 18.2 Å². The molecule has 0 unspecified atom stereocenters. The van der Waals surface area contributed by atoms with Crippen LogP contribution in [0.25, 0.3) is 10.1 Å². The summed E-state index contributed by atoms with van der Waals surface area (Å²) in [6.07, 6.45) is 4.56. The van der Waals surface area contributed by atoms with Crippen LogP contribution in [0.4, 0.5) is 0 Å². The van der Waals surface area contributed by atoms with Crippen LogP contribution >= 0.6 is 11.3 Å². The maximum Gasteiger partial charge on any atom is 0.255 e. The molecule has 5 heteroatoms. The first-order chi connectivity index (χ1) is 12.1. The van der Waals surface area contributed by atoms with Crippen molar-refractivity contribution in [2.45, 2.75) is 37.3 Å². The molecular weight excluding hydrogens is 332 g/mol. The highest BCUT2D eigenvalue weighted by atomic mass is 32.1. The van der Waals surface area contributed by atoms with Crippen LogP contribution < -0.4 is 0 Å². The van der Waals surface area contributed by atoms with Crippen LogP contribution in [-0.4, -0.2) is 61.1 Å². The summed E-state index contributed by atoms with van der Waals surface area (Å²) >= 11 is 1.66. The fourth-order valence-corrected chi connectivity index (χ4v) is 5.56. The van der Waals surface area contributed by atoms with E-state index in [1.165, 1.54) is 17.5 Å². The average Bonchev–Trinajstić information content (AvgIpc) is 3.20. The Kier molecular flexibility index (Phi) is 4.56. The predicted octanol–water partition coefficient (Wildman–Crippen LogP) is 3.62. The lowest BCUT2D eigenvalue weighted by atomic mass is 9.85. The maximum atomic E-state index is 13.0. The third-order valence-electron chi connectivity index (χ3n) is 6.29. The van der Waals surface area contributed by atoms with E-state index in [0.717, 1.165) is 43.5 Å². The number of nitrogens with zero attached hydrogens (tertiary/aromatic N) is 2. The molecular formula is C20H26N2O2S. The van der Waals surface area contributed by atoms with Gasteiger partial charge in [0.2, 0.25) is 0 Å². The first-order valence-corrected chi connectivity index (χ1v) is 10.00. The van der Waals surface area contributed by atoms with Crippen LogP contribution in [0.5, 0.6) is 0 Å². The number of hydrogen-bond acceptors (Lipinski definition) is 4. The van der Waals surface area contributed by atoms with Gasteiger partial charge in [0.15, 0.2) is 0 Å². The monoisotopic (exact) mass is 358 g/mol. The summed E-state index contributed by atoms with van der Waals surface area (Å²) in [6, 6.07) is 8.72. The Morgan fingerprint density at radius 3 is 2.80 bits per heavy atom. The molecule has 2 aliphatic rings. The van der Waals surface area contributed by atoms with Gasteiger partial charge in [0.1, 0.15) is 0 Å². The van der Waals surface area contributed by atoms with Gasteiger partial charge in [-0.3, -0.25) is 9.69 Å². The van der Waals surface area contributed by atoms with Crippen molar-refractivity contribution in [2.24, 2.45) is 0 Å². The predicted molar refractivity (Wildman–Crippen MR) is 102 cm³/mol. The van der Waals surface area contributed by atoms with Crippen LogP contribution in [0.3, 0.4) is 0 Å². The maximum absolute atomic E-state index is 13.0. The number of carbonyl (C=O) groups is 1. The number of amides is 1. The summed E-state index contributed by atoms with van der Waals surface area (Å²) in [5.74, 6) is 0.196. The molecule has 1 spiro atoms. The summed E-state index contributed by atoms with van der Waals surface area (Å²) in [5, 5.41) is 3.11. The number of hydrogen-bond donors (Lipinski definition) is 0. The van der Waals surface area contributed by atoms with E-state index in [1.807, 2.05) is 17.5 Å². The normalized spacial score (nSPS) is 23.6. The number of fused-ring (bicyclic) bond motifs is 1. The molecule has 4 rings (SSSR count). The Morgan fingerprint density at radius 1 is 1.28 bits per heavy atom. The molecule has 1 aromatic carbocycles. The quantitative estimate of drug-likeness (QED) is 0.840. The summed E-state index contributed by atoms with van der Waals surface area (Å²) in [7, 11) is 4.02. The zero-order chi connectivity index (χ0) is 17.4. The van der Waals surface area contributed by atoms with Crippen molar-refractivity contribution < 1.29 is 9.53 Å². The highest BCUT2D eigenvalue weighted by Crippen LogP contribution is 2.41. The highest BCUT2D eigenvalue weighted by Gasteiger charge is 2.46. The molecule has 0 radical (unpaired) electrons. The summed E-state index contributed by atoms with van der Waals surface area (Å²) in [4.78, 5) is 17.6. The molecule has 25 heavy (non-hydrogen) atoms. The zero-order valence-corrected chi connectivity index (χ0v) is 15.8. The lowest BCUT2D eigenvalue weighted by Gasteiger charge is -2.45. The van der Waals surface area contributed by atoms with Gasteiger partial charge in [0.25, 0.3) is 5.91 Å². The van der Waals surface area contributed by atoms with E-state index in [1.54, 1.807) is 18.4 Å². The van der Waals surface area contributed by atoms with Crippen molar-refractivity contribution in [3.8, 4) is 0 Å². The molecule has 0 N–H and O–H groups in total. The second-order valence-electron chi connectivity index (χ2n) is 7.42. The Labute approximate surface area is 153 Å². The molecule has 2 aromatic rings. The van der Waals surface area contributed by atoms with Gasteiger partial charge >= 0.3 is 0 Å². The molecule has 0 saturated carbocycles. The largest absolute Gasteiger partial charge is 0.383 e. The van der Waals surface area contributed by atoms with E-state index < -0.39 is 0 Å². The molecule has 2 saturated heterocycles. The van der Waals surface area contributed by atoms with Crippen LogP contribution in [0.2, 0.25) is 0 Å². The Balaban J connectivity index is 1.46. The van der Waals surface area contributed by atoms with Crippen molar-refractivity contribution >= 4 is 27.3 Å². The number of benzene rings is 1. The van der Waals surface area contributed by atoms with E-state index >= 15 is 0 Å². The first-order valence-electron chi connectivity index (χ1n) is 9.12. The lowest BCUT2D eigenvalue weighted by molar-refractivity contribution is 0.0274. The minimum atomic E-state index is 0.196. The minimum Gasteiger partial charge on any atom is -0.383 e. The van der Waals surface area contributed by atoms with Crippen molar-refractivity contribution in [1.82, 2.24) is 9.80 Å². The highest BCUT2D eigenvalue weighted by molar-refractivity contribution is 7.17. The van der Waals surface area contributed by atoms with Crippen LogP contribution in [0.1, 0.15) is 36.0 Å². The molecule has 2 fully saturated rings. The summed E-state index contributed by atoms with van der Waals surface area (Å²) < 4.78 is 6.57. The summed E-state index contributed by atoms with van der Waals surface area (Å²) in [6.45, 7) is 2.52. The SMILES string of the molecule is COC[C@@H]1CCC2(CCN(C(=O)c3csc4ccccc34)CC2)N1C. The van der Waals surface area contributed by atoms with Crippen LogP contribution in [-0.2, 0) is 4.74 Å². The van der Waals surface area contributed by atoms with Gasteiger partial charge in [0, 0.05) is 47.2 Å². The fourth-order valence-electron chi connectivity index (χ4n) is 4.62. The van der Waals surface area contributed by atoms with E-state index in [4.69, 9.17) is 4.74 Å². The second kappa shape index (κ2) is 6.71. The van der Waals surface area contributed by atoms with Crippen molar-refractivity contribution in [3.05, 3.63) is 35.2 Å². The average molecular weight is 359 g/mol. The zero-order valence-electron chi connectivity index (χ0n) is 15.0. The van der Waals surface area contributed by atoms with Gasteiger partial charge in [-0.25, -0.2) is 0 Å². The molecule has 1 atom stereocenters. The van der Waals surface area contributed by atoms with E-state index in [2.05, 4.69) is 29.0 Å². The number of rotatable bonds is 3. The number of likely N-dealkylation sites (N-methyl/N-ethyl adjacent to an activating group) is 1. The van der Waals surface area contributed by atoms with Gasteiger partial charge in [-0.05, 0) is 38.8 Å². The fraction of sp³-hybridized carbons (Fsp3) is 0.550. The van der Waals surface area contributed by atoms with Crippen molar-refractivity contribution in [1.29, 1.82) is 0 Å². The van der Waals surface area contributed by atoms with Crippen molar-refractivity contribution in [3.63, 3.8) is 0 Å². The Bertz CT molecular complexity index is 764. The van der Waals surface area contributed by atoms with Gasteiger partial charge in [-0.15, -0.1) is 11.3 Å². The number of thiophene rings is 1. The smallest absolute Gasteiger partial charge is 0.255 e.